The second-order valence-electron chi connectivity index (χ2n) is 10.6. The van der Waals surface area contributed by atoms with Crippen LogP contribution in [0.15, 0.2) is 24.3 Å². The molecular weight excluding hydrogens is 412 g/mol. The molecule has 1 N–H and O–H groups in total. The van der Waals surface area contributed by atoms with E-state index in [1.165, 1.54) is 6.92 Å². The Morgan fingerprint density at radius 1 is 1.00 bits per heavy atom. The van der Waals surface area contributed by atoms with Gasteiger partial charge in [-0.05, 0) is 73.1 Å². The van der Waals surface area contributed by atoms with Gasteiger partial charge in [0.25, 0.3) is 0 Å². The first-order chi connectivity index (χ1) is 14.6. The van der Waals surface area contributed by atoms with Gasteiger partial charge in [-0.2, -0.15) is 0 Å². The maximum atomic E-state index is 13.3. The summed E-state index contributed by atoms with van der Waals surface area (Å²) in [4.78, 5) is 39.5. The molecule has 1 fully saturated rings. The highest BCUT2D eigenvalue weighted by Crippen LogP contribution is 2.47. The molecule has 0 amide bonds. The van der Waals surface area contributed by atoms with Crippen LogP contribution in [0, 0.1) is 11.8 Å². The van der Waals surface area contributed by atoms with E-state index in [1.54, 1.807) is 65.8 Å². The zero-order chi connectivity index (χ0) is 24.5. The topological polar surface area (TPSA) is 99.1 Å². The Bertz CT molecular complexity index is 841. The SMILES string of the molecule is CCOc1ccc(C2C(C(=O)OC(C)(C)C)C(=O)CC(C)(O)C2C(=O)OC(C)(C)C)cc1. The summed E-state index contributed by atoms with van der Waals surface area (Å²) in [5.41, 5.74) is -2.77. The molecule has 1 aliphatic carbocycles. The number of ketones is 1. The van der Waals surface area contributed by atoms with E-state index in [9.17, 15) is 19.5 Å². The first kappa shape index (κ1) is 25.8. The fourth-order valence-electron chi connectivity index (χ4n) is 4.10. The van der Waals surface area contributed by atoms with Crippen LogP contribution in [0.3, 0.4) is 0 Å². The molecule has 0 aliphatic heterocycles. The summed E-state index contributed by atoms with van der Waals surface area (Å²) in [6.45, 7) is 14.1. The molecule has 0 heterocycles. The fraction of sp³-hybridized carbons (Fsp3) is 0.640. The van der Waals surface area contributed by atoms with Gasteiger partial charge < -0.3 is 19.3 Å². The normalized spacial score (nSPS) is 26.4. The number of benzene rings is 1. The van der Waals surface area contributed by atoms with E-state index < -0.39 is 52.3 Å². The Balaban J connectivity index is 2.62. The van der Waals surface area contributed by atoms with E-state index in [0.717, 1.165) is 0 Å². The molecule has 1 saturated carbocycles. The lowest BCUT2D eigenvalue weighted by atomic mass is 9.61. The maximum absolute atomic E-state index is 13.3. The van der Waals surface area contributed by atoms with Gasteiger partial charge in [0, 0.05) is 12.3 Å². The molecule has 0 aromatic heterocycles. The van der Waals surface area contributed by atoms with E-state index in [2.05, 4.69) is 0 Å². The number of Topliss-reactive ketones (excluding diaryl/α,β-unsaturated/α-hetero) is 1. The van der Waals surface area contributed by atoms with Crippen LogP contribution in [0.2, 0.25) is 0 Å². The minimum atomic E-state index is -1.69. The largest absolute Gasteiger partial charge is 0.494 e. The van der Waals surface area contributed by atoms with Crippen LogP contribution in [0.5, 0.6) is 5.75 Å². The predicted molar refractivity (Wildman–Crippen MR) is 119 cm³/mol. The highest BCUT2D eigenvalue weighted by Gasteiger charge is 2.57. The summed E-state index contributed by atoms with van der Waals surface area (Å²) in [7, 11) is 0. The summed E-state index contributed by atoms with van der Waals surface area (Å²) < 4.78 is 16.6. The molecular formula is C25H36O7. The van der Waals surface area contributed by atoms with Crippen molar-refractivity contribution in [2.45, 2.75) is 84.5 Å². The number of esters is 2. The van der Waals surface area contributed by atoms with Crippen LogP contribution in [0.4, 0.5) is 0 Å². The maximum Gasteiger partial charge on any atom is 0.317 e. The smallest absolute Gasteiger partial charge is 0.317 e. The first-order valence-corrected chi connectivity index (χ1v) is 11.0. The number of hydrogen-bond acceptors (Lipinski definition) is 7. The van der Waals surface area contributed by atoms with Gasteiger partial charge in [0.05, 0.1) is 18.1 Å². The number of aliphatic hydroxyl groups is 1. The summed E-state index contributed by atoms with van der Waals surface area (Å²) >= 11 is 0. The molecule has 4 atom stereocenters. The van der Waals surface area contributed by atoms with Gasteiger partial charge >= 0.3 is 11.9 Å². The van der Waals surface area contributed by atoms with E-state index >= 15 is 0 Å². The molecule has 1 aromatic carbocycles. The third kappa shape index (κ3) is 6.31. The van der Waals surface area contributed by atoms with Crippen molar-refractivity contribution in [3.8, 4) is 5.75 Å². The molecule has 2 rings (SSSR count). The number of rotatable bonds is 5. The van der Waals surface area contributed by atoms with Gasteiger partial charge in [-0.3, -0.25) is 14.4 Å². The molecule has 0 bridgehead atoms. The third-order valence-electron chi connectivity index (χ3n) is 5.16. The quantitative estimate of drug-likeness (QED) is 0.540. The summed E-state index contributed by atoms with van der Waals surface area (Å²) in [6.07, 6.45) is -0.353. The Morgan fingerprint density at radius 3 is 1.97 bits per heavy atom. The lowest BCUT2D eigenvalue weighted by molar-refractivity contribution is -0.182. The lowest BCUT2D eigenvalue weighted by Gasteiger charge is -2.44. The highest BCUT2D eigenvalue weighted by atomic mass is 16.6. The van der Waals surface area contributed by atoms with Crippen molar-refractivity contribution in [3.63, 3.8) is 0 Å². The van der Waals surface area contributed by atoms with Crippen LogP contribution >= 0.6 is 0 Å². The average Bonchev–Trinajstić information content (AvgIpc) is 2.57. The minimum absolute atomic E-state index is 0.353. The van der Waals surface area contributed by atoms with Crippen molar-refractivity contribution in [1.82, 2.24) is 0 Å². The molecule has 4 unspecified atom stereocenters. The molecule has 0 radical (unpaired) electrons. The van der Waals surface area contributed by atoms with Crippen molar-refractivity contribution < 1.29 is 33.7 Å². The predicted octanol–water partition coefficient (Wildman–Crippen LogP) is 3.81. The molecule has 32 heavy (non-hydrogen) atoms. The summed E-state index contributed by atoms with van der Waals surface area (Å²) in [5, 5.41) is 11.2. The monoisotopic (exact) mass is 448 g/mol. The van der Waals surface area contributed by atoms with Crippen molar-refractivity contribution >= 4 is 17.7 Å². The second kappa shape index (κ2) is 9.22. The lowest BCUT2D eigenvalue weighted by Crippen LogP contribution is -2.56. The van der Waals surface area contributed by atoms with Crippen LogP contribution in [-0.2, 0) is 23.9 Å². The zero-order valence-corrected chi connectivity index (χ0v) is 20.4. The van der Waals surface area contributed by atoms with Gasteiger partial charge in [0.2, 0.25) is 0 Å². The Morgan fingerprint density at radius 2 is 1.50 bits per heavy atom. The zero-order valence-electron chi connectivity index (χ0n) is 20.4. The number of ether oxygens (including phenoxy) is 3. The first-order valence-electron chi connectivity index (χ1n) is 11.0. The van der Waals surface area contributed by atoms with Crippen LogP contribution < -0.4 is 4.74 Å². The fourth-order valence-corrected chi connectivity index (χ4v) is 4.10. The second-order valence-corrected chi connectivity index (χ2v) is 10.6. The van der Waals surface area contributed by atoms with E-state index in [4.69, 9.17) is 14.2 Å². The summed E-state index contributed by atoms with van der Waals surface area (Å²) in [6, 6.07) is 6.84. The van der Waals surface area contributed by atoms with E-state index in [-0.39, 0.29) is 6.42 Å². The Kier molecular flexibility index (Phi) is 7.45. The number of carbonyl (C=O) groups excluding carboxylic acids is 3. The van der Waals surface area contributed by atoms with Crippen molar-refractivity contribution in [2.24, 2.45) is 11.8 Å². The van der Waals surface area contributed by atoms with Gasteiger partial charge in [0.15, 0.2) is 5.78 Å². The molecule has 7 heteroatoms. The minimum Gasteiger partial charge on any atom is -0.494 e. The molecule has 1 aromatic rings. The van der Waals surface area contributed by atoms with Crippen LogP contribution in [-0.4, -0.2) is 46.2 Å². The number of hydrogen-bond donors (Lipinski definition) is 1. The van der Waals surface area contributed by atoms with Crippen molar-refractivity contribution in [3.05, 3.63) is 29.8 Å². The standard InChI is InChI=1S/C25H36O7/c1-9-30-16-12-10-15(11-13-16)18-19(21(27)31-23(2,3)4)17(26)14-25(8,29)20(18)22(28)32-24(5,6)7/h10-13,18-20,29H,9,14H2,1-8H3. The van der Waals surface area contributed by atoms with Crippen LogP contribution in [0.25, 0.3) is 0 Å². The van der Waals surface area contributed by atoms with Gasteiger partial charge in [0.1, 0.15) is 22.9 Å². The van der Waals surface area contributed by atoms with E-state index in [0.29, 0.717) is 17.9 Å². The molecule has 1 aliphatic rings. The van der Waals surface area contributed by atoms with Crippen molar-refractivity contribution in [2.75, 3.05) is 6.61 Å². The number of carbonyl (C=O) groups is 3. The van der Waals surface area contributed by atoms with Gasteiger partial charge in [-0.1, -0.05) is 12.1 Å². The Labute approximate surface area is 190 Å². The van der Waals surface area contributed by atoms with Crippen molar-refractivity contribution in [1.29, 1.82) is 0 Å². The average molecular weight is 449 g/mol. The molecule has 0 spiro atoms. The van der Waals surface area contributed by atoms with Gasteiger partial charge in [-0.15, -0.1) is 0 Å². The highest BCUT2D eigenvalue weighted by molar-refractivity contribution is 6.03. The van der Waals surface area contributed by atoms with Crippen LogP contribution in [0.1, 0.15) is 73.3 Å². The summed E-state index contributed by atoms with van der Waals surface area (Å²) in [5.74, 6) is -4.57. The molecule has 7 nitrogen and oxygen atoms in total. The third-order valence-corrected chi connectivity index (χ3v) is 5.16. The molecule has 178 valence electrons. The van der Waals surface area contributed by atoms with Gasteiger partial charge in [-0.25, -0.2) is 0 Å². The molecule has 0 saturated heterocycles. The Hall–Kier alpha value is -2.41. The van der Waals surface area contributed by atoms with E-state index in [1.807, 2.05) is 6.92 Å².